The van der Waals surface area contributed by atoms with Gasteiger partial charge in [-0.2, -0.15) is 0 Å². The van der Waals surface area contributed by atoms with E-state index in [0.717, 1.165) is 68.5 Å². The van der Waals surface area contributed by atoms with E-state index in [1.807, 2.05) is 61.5 Å². The summed E-state index contributed by atoms with van der Waals surface area (Å²) in [5.74, 6) is -0.129. The van der Waals surface area contributed by atoms with Crippen molar-refractivity contribution < 1.29 is 9.90 Å². The van der Waals surface area contributed by atoms with Gasteiger partial charge < -0.3 is 15.3 Å². The first-order valence-corrected chi connectivity index (χ1v) is 16.5. The van der Waals surface area contributed by atoms with Crippen LogP contribution in [-0.4, -0.2) is 53.0 Å². The quantitative estimate of drug-likeness (QED) is 0.164. The van der Waals surface area contributed by atoms with E-state index in [4.69, 9.17) is 9.98 Å². The number of aliphatic imine (C=N–C) groups is 1. The fourth-order valence-electron chi connectivity index (χ4n) is 5.21. The van der Waals surface area contributed by atoms with Crippen molar-refractivity contribution in [3.63, 3.8) is 0 Å². The lowest BCUT2D eigenvalue weighted by Crippen LogP contribution is -2.33. The monoisotopic (exact) mass is 696 g/mol. The van der Waals surface area contributed by atoms with E-state index >= 15 is 0 Å². The van der Waals surface area contributed by atoms with E-state index in [1.165, 1.54) is 50.1 Å². The second-order valence-corrected chi connectivity index (χ2v) is 13.2. The standard InChI is InChI=1S/C27H23Br2N3O2S.C5H11N/c1-16(32-13-3-2-4-14-32)30-24-23-21(17-5-9-19(28)10-6-17)15-22(18-7-11-20(29)12-8-18)31-26(23)35-25(24)27(33)34;1-2-4-6-5-3-1/h5-12,15H,2-4,13-14H2,1H3,(H,33,34);6H,1-5H2. The second-order valence-electron chi connectivity index (χ2n) is 10.4. The van der Waals surface area contributed by atoms with Crippen LogP contribution in [0.3, 0.4) is 0 Å². The Bertz CT molecular complexity index is 1510. The van der Waals surface area contributed by atoms with E-state index in [1.54, 1.807) is 0 Å². The molecule has 214 valence electrons. The van der Waals surface area contributed by atoms with Crippen LogP contribution in [0, 0.1) is 0 Å². The van der Waals surface area contributed by atoms with E-state index in [0.29, 0.717) is 10.5 Å². The minimum absolute atomic E-state index is 0.218. The zero-order valence-electron chi connectivity index (χ0n) is 23.1. The number of carboxylic acid groups (broad SMARTS) is 1. The number of carboxylic acids is 1. The number of carbonyl (C=O) groups is 1. The molecule has 2 fully saturated rings. The zero-order chi connectivity index (χ0) is 28.8. The normalized spacial score (nSPS) is 15.9. The molecule has 6 rings (SSSR count). The molecule has 6 nitrogen and oxygen atoms in total. The summed E-state index contributed by atoms with van der Waals surface area (Å²) in [5.41, 5.74) is 4.17. The summed E-state index contributed by atoms with van der Waals surface area (Å²) in [5, 5.41) is 14.2. The summed E-state index contributed by atoms with van der Waals surface area (Å²) in [6, 6.07) is 18.1. The molecule has 0 bridgehead atoms. The highest BCUT2D eigenvalue weighted by Gasteiger charge is 2.24. The van der Waals surface area contributed by atoms with Crippen LogP contribution >= 0.6 is 43.2 Å². The summed E-state index contributed by atoms with van der Waals surface area (Å²) in [4.78, 5) is 25.3. The molecule has 2 aromatic carbocycles. The van der Waals surface area contributed by atoms with Gasteiger partial charge in [-0.1, -0.05) is 62.5 Å². The van der Waals surface area contributed by atoms with Crippen molar-refractivity contribution in [2.45, 2.75) is 45.4 Å². The molecular weight excluding hydrogens is 664 g/mol. The number of nitrogens with one attached hydrogen (secondary N) is 1. The smallest absolute Gasteiger partial charge is 0.348 e. The lowest BCUT2D eigenvalue weighted by molar-refractivity contribution is 0.0703. The Morgan fingerprint density at radius 1 is 0.902 bits per heavy atom. The number of amidine groups is 1. The lowest BCUT2D eigenvalue weighted by atomic mass is 9.99. The van der Waals surface area contributed by atoms with Gasteiger partial charge in [0.1, 0.15) is 21.2 Å². The van der Waals surface area contributed by atoms with Crippen molar-refractivity contribution in [1.82, 2.24) is 15.2 Å². The minimum atomic E-state index is -0.981. The number of fused-ring (bicyclic) bond motifs is 1. The van der Waals surface area contributed by atoms with Crippen LogP contribution < -0.4 is 5.32 Å². The highest BCUT2D eigenvalue weighted by atomic mass is 79.9. The summed E-state index contributed by atoms with van der Waals surface area (Å²) in [7, 11) is 0. The van der Waals surface area contributed by atoms with Gasteiger partial charge in [0.15, 0.2) is 0 Å². The van der Waals surface area contributed by atoms with E-state index in [9.17, 15) is 9.90 Å². The number of piperidine rings is 2. The Labute approximate surface area is 262 Å². The largest absolute Gasteiger partial charge is 0.477 e. The molecule has 2 aromatic heterocycles. The summed E-state index contributed by atoms with van der Waals surface area (Å²) in [6.07, 6.45) is 7.70. The highest BCUT2D eigenvalue weighted by molar-refractivity contribution is 9.10. The Morgan fingerprint density at radius 3 is 2.02 bits per heavy atom. The van der Waals surface area contributed by atoms with Gasteiger partial charge in [0.05, 0.1) is 5.69 Å². The fraction of sp³-hybridized carbons (Fsp3) is 0.344. The van der Waals surface area contributed by atoms with Crippen LogP contribution in [-0.2, 0) is 0 Å². The number of likely N-dealkylation sites (tertiary alicyclic amines) is 1. The molecule has 0 unspecified atom stereocenters. The van der Waals surface area contributed by atoms with Crippen molar-refractivity contribution in [2.24, 2.45) is 4.99 Å². The molecular formula is C32H34Br2N4O2S. The van der Waals surface area contributed by atoms with E-state index < -0.39 is 5.97 Å². The third-order valence-corrected chi connectivity index (χ3v) is 9.54. The van der Waals surface area contributed by atoms with Gasteiger partial charge in [-0.3, -0.25) is 0 Å². The number of hydrogen-bond donors (Lipinski definition) is 2. The number of halogens is 2. The molecule has 2 aliphatic heterocycles. The van der Waals surface area contributed by atoms with Gasteiger partial charge >= 0.3 is 5.97 Å². The zero-order valence-corrected chi connectivity index (χ0v) is 27.1. The topological polar surface area (TPSA) is 77.8 Å². The molecule has 4 heterocycles. The first kappa shape index (κ1) is 29.9. The summed E-state index contributed by atoms with van der Waals surface area (Å²) in [6.45, 7) is 6.38. The number of pyridine rings is 1. The van der Waals surface area contributed by atoms with E-state index in [-0.39, 0.29) is 4.88 Å². The van der Waals surface area contributed by atoms with Gasteiger partial charge in [0, 0.05) is 33.0 Å². The number of hydrogen-bond acceptors (Lipinski definition) is 5. The van der Waals surface area contributed by atoms with Crippen molar-refractivity contribution in [2.75, 3.05) is 26.2 Å². The molecule has 2 N–H and O–H groups in total. The molecule has 0 amide bonds. The molecule has 2 saturated heterocycles. The van der Waals surface area contributed by atoms with Crippen LogP contribution in [0.25, 0.3) is 32.6 Å². The average Bonchev–Trinajstić information content (AvgIpc) is 3.37. The number of rotatable bonds is 4. The highest BCUT2D eigenvalue weighted by Crippen LogP contribution is 2.44. The van der Waals surface area contributed by atoms with Gasteiger partial charge in [-0.05, 0) is 93.6 Å². The van der Waals surface area contributed by atoms with Crippen molar-refractivity contribution in [3.05, 3.63) is 68.4 Å². The van der Waals surface area contributed by atoms with Gasteiger partial charge in [0.25, 0.3) is 0 Å². The van der Waals surface area contributed by atoms with Crippen molar-refractivity contribution in [1.29, 1.82) is 0 Å². The number of thiophene rings is 1. The number of benzene rings is 2. The number of aromatic carboxylic acids is 1. The Kier molecular flexibility index (Phi) is 10.2. The predicted octanol–water partition coefficient (Wildman–Crippen LogP) is 9.15. The van der Waals surface area contributed by atoms with Crippen molar-refractivity contribution in [3.8, 4) is 22.4 Å². The van der Waals surface area contributed by atoms with Crippen LogP contribution in [0.1, 0.15) is 55.1 Å². The fourth-order valence-corrected chi connectivity index (χ4v) is 6.72. The van der Waals surface area contributed by atoms with Gasteiger partial charge in [-0.15, -0.1) is 11.3 Å². The van der Waals surface area contributed by atoms with Gasteiger partial charge in [-0.25, -0.2) is 14.8 Å². The molecule has 2 aliphatic rings. The summed E-state index contributed by atoms with van der Waals surface area (Å²) < 4.78 is 1.97. The maximum Gasteiger partial charge on any atom is 0.348 e. The molecule has 41 heavy (non-hydrogen) atoms. The second kappa shape index (κ2) is 14.1. The molecule has 0 aliphatic carbocycles. The van der Waals surface area contributed by atoms with Crippen LogP contribution in [0.15, 0.2) is 68.5 Å². The molecule has 9 heteroatoms. The molecule has 0 radical (unpaired) electrons. The van der Waals surface area contributed by atoms with E-state index in [2.05, 4.69) is 42.1 Å². The third-order valence-electron chi connectivity index (χ3n) is 7.42. The van der Waals surface area contributed by atoms with Crippen LogP contribution in [0.2, 0.25) is 0 Å². The first-order valence-electron chi connectivity index (χ1n) is 14.1. The van der Waals surface area contributed by atoms with Gasteiger partial charge in [0.2, 0.25) is 0 Å². The molecule has 0 saturated carbocycles. The Balaban J connectivity index is 0.000000500. The lowest BCUT2D eigenvalue weighted by Gasteiger charge is -2.28. The Hall–Kier alpha value is -2.59. The first-order chi connectivity index (χ1) is 19.9. The number of nitrogens with zero attached hydrogens (tertiary/aromatic N) is 3. The average molecular weight is 699 g/mol. The van der Waals surface area contributed by atoms with Crippen molar-refractivity contribution >= 4 is 70.9 Å². The Morgan fingerprint density at radius 2 is 1.49 bits per heavy atom. The van der Waals surface area contributed by atoms with Crippen LogP contribution in [0.5, 0.6) is 0 Å². The SMILES string of the molecule is C1CCNCC1.CC(=Nc1c(C(=O)O)sc2nc(-c3ccc(Br)cc3)cc(-c3ccc(Br)cc3)c12)N1CCCCC1. The minimum Gasteiger partial charge on any atom is -0.477 e. The molecule has 0 atom stereocenters. The molecule has 0 spiro atoms. The molecule has 4 aromatic rings. The maximum absolute atomic E-state index is 12.3. The predicted molar refractivity (Wildman–Crippen MR) is 178 cm³/mol. The van der Waals surface area contributed by atoms with Crippen LogP contribution in [0.4, 0.5) is 5.69 Å². The number of aromatic nitrogens is 1. The third kappa shape index (κ3) is 7.44. The summed E-state index contributed by atoms with van der Waals surface area (Å²) >= 11 is 8.20. The maximum atomic E-state index is 12.3.